The fourth-order valence-electron chi connectivity index (χ4n) is 2.37. The molecular formula is C19H17ClN2O3. The van der Waals surface area contributed by atoms with Crippen LogP contribution in [-0.4, -0.2) is 24.4 Å². The van der Waals surface area contributed by atoms with Crippen molar-refractivity contribution in [2.45, 2.75) is 6.92 Å². The summed E-state index contributed by atoms with van der Waals surface area (Å²) >= 11 is 6.36. The molecule has 6 heteroatoms. The Balaban J connectivity index is 1.93. The van der Waals surface area contributed by atoms with E-state index in [2.05, 4.69) is 10.1 Å². The van der Waals surface area contributed by atoms with Crippen LogP contribution in [0.25, 0.3) is 22.5 Å². The second-order valence-electron chi connectivity index (χ2n) is 5.38. The monoisotopic (exact) mass is 356 g/mol. The van der Waals surface area contributed by atoms with E-state index in [1.807, 2.05) is 43.3 Å². The molecule has 0 spiro atoms. The first kappa shape index (κ1) is 17.0. The summed E-state index contributed by atoms with van der Waals surface area (Å²) in [6.07, 6.45) is 1.72. The Hall–Kier alpha value is -2.79. The Morgan fingerprint density at radius 3 is 2.40 bits per heavy atom. The molecule has 5 nitrogen and oxygen atoms in total. The first-order valence-electron chi connectivity index (χ1n) is 7.61. The lowest BCUT2D eigenvalue weighted by Gasteiger charge is -2.05. The van der Waals surface area contributed by atoms with Crippen molar-refractivity contribution in [3.63, 3.8) is 0 Å². The van der Waals surface area contributed by atoms with Gasteiger partial charge in [0.2, 0.25) is 5.82 Å². The van der Waals surface area contributed by atoms with Crippen LogP contribution in [0.2, 0.25) is 0 Å². The van der Waals surface area contributed by atoms with Gasteiger partial charge in [-0.25, -0.2) is 0 Å². The quantitative estimate of drug-likeness (QED) is 0.657. The van der Waals surface area contributed by atoms with Gasteiger partial charge in [-0.05, 0) is 36.3 Å². The van der Waals surface area contributed by atoms with Gasteiger partial charge in [0.15, 0.2) is 0 Å². The molecule has 0 saturated carbocycles. The fraction of sp³-hybridized carbons (Fsp3) is 0.158. The van der Waals surface area contributed by atoms with Gasteiger partial charge in [-0.1, -0.05) is 41.0 Å². The third kappa shape index (κ3) is 3.83. The molecule has 0 unspecified atom stereocenters. The van der Waals surface area contributed by atoms with Crippen LogP contribution in [0.4, 0.5) is 0 Å². The molecule has 0 bridgehead atoms. The van der Waals surface area contributed by atoms with E-state index in [0.717, 1.165) is 16.7 Å². The number of aryl methyl sites for hydroxylation is 1. The number of nitrogens with zero attached hydrogens (tertiary/aromatic N) is 2. The topological polar surface area (TPSA) is 57.4 Å². The maximum absolute atomic E-state index is 6.36. The molecule has 1 heterocycles. The van der Waals surface area contributed by atoms with Crippen LogP contribution in [0.5, 0.6) is 11.5 Å². The van der Waals surface area contributed by atoms with E-state index in [1.54, 1.807) is 26.4 Å². The zero-order valence-corrected chi connectivity index (χ0v) is 14.9. The molecule has 0 N–H and O–H groups in total. The molecule has 0 fully saturated rings. The van der Waals surface area contributed by atoms with Gasteiger partial charge in [0.05, 0.1) is 14.2 Å². The zero-order valence-electron chi connectivity index (χ0n) is 14.1. The number of halogens is 1. The molecule has 1 aromatic heterocycles. The van der Waals surface area contributed by atoms with Crippen molar-refractivity contribution in [3.05, 3.63) is 59.5 Å². The maximum atomic E-state index is 6.36. The Bertz CT molecular complexity index is 896. The van der Waals surface area contributed by atoms with Crippen LogP contribution in [0.15, 0.2) is 47.0 Å². The maximum Gasteiger partial charge on any atom is 0.269 e. The van der Waals surface area contributed by atoms with E-state index in [0.29, 0.717) is 22.4 Å². The lowest BCUT2D eigenvalue weighted by molar-refractivity contribution is 0.394. The van der Waals surface area contributed by atoms with Gasteiger partial charge in [-0.3, -0.25) is 0 Å². The van der Waals surface area contributed by atoms with Crippen molar-refractivity contribution in [1.82, 2.24) is 10.1 Å². The lowest BCUT2D eigenvalue weighted by atomic mass is 10.1. The van der Waals surface area contributed by atoms with Gasteiger partial charge in [0.1, 0.15) is 16.5 Å². The van der Waals surface area contributed by atoms with Crippen LogP contribution in [0.3, 0.4) is 0 Å². The fourth-order valence-corrected chi connectivity index (χ4v) is 2.58. The highest BCUT2D eigenvalue weighted by molar-refractivity contribution is 6.50. The Morgan fingerprint density at radius 1 is 1.08 bits per heavy atom. The van der Waals surface area contributed by atoms with Crippen molar-refractivity contribution in [1.29, 1.82) is 0 Å². The van der Waals surface area contributed by atoms with E-state index in [-0.39, 0.29) is 5.89 Å². The summed E-state index contributed by atoms with van der Waals surface area (Å²) in [4.78, 5) is 4.38. The smallest absolute Gasteiger partial charge is 0.269 e. The predicted octanol–water partition coefficient (Wildman–Crippen LogP) is 4.80. The van der Waals surface area contributed by atoms with Crippen molar-refractivity contribution in [2.75, 3.05) is 14.2 Å². The normalized spacial score (nSPS) is 11.4. The summed E-state index contributed by atoms with van der Waals surface area (Å²) in [5.74, 6) is 2.09. The van der Waals surface area contributed by atoms with Crippen LogP contribution >= 0.6 is 11.6 Å². The highest BCUT2D eigenvalue weighted by atomic mass is 35.5. The highest BCUT2D eigenvalue weighted by Gasteiger charge is 2.13. The van der Waals surface area contributed by atoms with Crippen molar-refractivity contribution in [3.8, 4) is 22.9 Å². The molecule has 0 aliphatic heterocycles. The van der Waals surface area contributed by atoms with Crippen LogP contribution < -0.4 is 9.47 Å². The molecule has 128 valence electrons. The Kier molecular flexibility index (Phi) is 5.05. The van der Waals surface area contributed by atoms with E-state index >= 15 is 0 Å². The summed E-state index contributed by atoms with van der Waals surface area (Å²) in [7, 11) is 3.19. The molecule has 0 atom stereocenters. The van der Waals surface area contributed by atoms with Crippen molar-refractivity contribution in [2.24, 2.45) is 0 Å². The largest absolute Gasteiger partial charge is 0.497 e. The van der Waals surface area contributed by atoms with Gasteiger partial charge in [0.25, 0.3) is 5.89 Å². The average molecular weight is 357 g/mol. The standard InChI is InChI=1S/C19H17ClN2O3/c1-12-6-4-5-7-16(12)18-21-19(25-22-18)17(20)10-13-8-14(23-2)11-15(9-13)24-3/h4-11H,1-3H3/b17-10-. The summed E-state index contributed by atoms with van der Waals surface area (Å²) in [6.45, 7) is 1.99. The molecule has 0 saturated heterocycles. The molecule has 0 aliphatic rings. The molecular weight excluding hydrogens is 340 g/mol. The Labute approximate surface area is 150 Å². The number of rotatable bonds is 5. The first-order chi connectivity index (χ1) is 12.1. The third-order valence-corrected chi connectivity index (χ3v) is 3.95. The van der Waals surface area contributed by atoms with Crippen molar-refractivity contribution >= 4 is 22.7 Å². The summed E-state index contributed by atoms with van der Waals surface area (Å²) in [5, 5.41) is 4.35. The molecule has 2 aromatic carbocycles. The SMILES string of the molecule is COc1cc(/C=C(\Cl)c2nc(-c3ccccc3C)no2)cc(OC)c1. The summed E-state index contributed by atoms with van der Waals surface area (Å²) in [6, 6.07) is 13.3. The Morgan fingerprint density at radius 2 is 1.76 bits per heavy atom. The minimum atomic E-state index is 0.252. The van der Waals surface area contributed by atoms with Crippen molar-refractivity contribution < 1.29 is 14.0 Å². The number of hydrogen-bond acceptors (Lipinski definition) is 5. The summed E-state index contributed by atoms with van der Waals surface area (Å²) in [5.41, 5.74) is 2.77. The number of aromatic nitrogens is 2. The summed E-state index contributed by atoms with van der Waals surface area (Å²) < 4.78 is 15.8. The molecule has 0 radical (unpaired) electrons. The number of benzene rings is 2. The molecule has 25 heavy (non-hydrogen) atoms. The van der Waals surface area contributed by atoms with Gasteiger partial charge < -0.3 is 14.0 Å². The van der Waals surface area contributed by atoms with Gasteiger partial charge >= 0.3 is 0 Å². The van der Waals surface area contributed by atoms with E-state index in [1.165, 1.54) is 0 Å². The van der Waals surface area contributed by atoms with Gasteiger partial charge in [0, 0.05) is 11.6 Å². The minimum Gasteiger partial charge on any atom is -0.497 e. The van der Waals surface area contributed by atoms with Crippen LogP contribution in [0, 0.1) is 6.92 Å². The molecule has 0 aliphatic carbocycles. The lowest BCUT2D eigenvalue weighted by Crippen LogP contribution is -1.88. The first-order valence-corrected chi connectivity index (χ1v) is 7.99. The number of ether oxygens (including phenoxy) is 2. The average Bonchev–Trinajstić information content (AvgIpc) is 3.11. The number of methoxy groups -OCH3 is 2. The molecule has 3 aromatic rings. The van der Waals surface area contributed by atoms with E-state index in [4.69, 9.17) is 25.6 Å². The molecule has 3 rings (SSSR count). The predicted molar refractivity (Wildman–Crippen MR) is 97.7 cm³/mol. The second kappa shape index (κ2) is 7.40. The van der Waals surface area contributed by atoms with Gasteiger partial charge in [-0.15, -0.1) is 0 Å². The van der Waals surface area contributed by atoms with Crippen LogP contribution in [-0.2, 0) is 0 Å². The minimum absolute atomic E-state index is 0.252. The third-order valence-electron chi connectivity index (χ3n) is 3.68. The van der Waals surface area contributed by atoms with Gasteiger partial charge in [-0.2, -0.15) is 4.98 Å². The second-order valence-corrected chi connectivity index (χ2v) is 5.78. The number of hydrogen-bond donors (Lipinski definition) is 0. The highest BCUT2D eigenvalue weighted by Crippen LogP contribution is 2.28. The van der Waals surface area contributed by atoms with E-state index in [9.17, 15) is 0 Å². The van der Waals surface area contributed by atoms with Crippen LogP contribution in [0.1, 0.15) is 17.0 Å². The van der Waals surface area contributed by atoms with E-state index < -0.39 is 0 Å². The zero-order chi connectivity index (χ0) is 17.8. The molecule has 0 amide bonds.